The topological polar surface area (TPSA) is 52.4 Å². The van der Waals surface area contributed by atoms with Gasteiger partial charge in [0.15, 0.2) is 5.75 Å². The van der Waals surface area contributed by atoms with Crippen LogP contribution in [-0.2, 0) is 13.0 Å². The van der Waals surface area contributed by atoms with Gasteiger partial charge in [-0.15, -0.1) is 0 Å². The Morgan fingerprint density at radius 1 is 1.14 bits per heavy atom. The highest BCUT2D eigenvalue weighted by molar-refractivity contribution is 5.48. The van der Waals surface area contributed by atoms with Gasteiger partial charge in [-0.05, 0) is 35.7 Å². The van der Waals surface area contributed by atoms with Gasteiger partial charge in [0.25, 0.3) is 0 Å². The van der Waals surface area contributed by atoms with E-state index in [1.54, 1.807) is 24.3 Å². The molecule has 0 amide bonds. The summed E-state index contributed by atoms with van der Waals surface area (Å²) in [5, 5.41) is 11.1. The molecule has 4 nitrogen and oxygen atoms in total. The number of hydrogen-bond donors (Lipinski definition) is 0. The molecular weight excluding hydrogens is 273 g/mol. The second kappa shape index (κ2) is 6.83. The van der Waals surface area contributed by atoms with Crippen molar-refractivity contribution in [1.29, 1.82) is 0 Å². The highest BCUT2D eigenvalue weighted by Crippen LogP contribution is 2.29. The number of benzene rings is 2. The van der Waals surface area contributed by atoms with Gasteiger partial charge in [0.2, 0.25) is 0 Å². The standard InChI is InChI=1S/C16H16FNO3/c1-2-3-12-6-9-16(15(10-12)18(19)20)21-11-13-4-7-14(17)8-5-13/h4-10H,2-3,11H2,1H3. The molecule has 0 aromatic heterocycles. The first-order valence-corrected chi connectivity index (χ1v) is 6.74. The van der Waals surface area contributed by atoms with E-state index in [-0.39, 0.29) is 23.9 Å². The number of halogens is 1. The van der Waals surface area contributed by atoms with Gasteiger partial charge >= 0.3 is 5.69 Å². The van der Waals surface area contributed by atoms with Crippen LogP contribution in [0.5, 0.6) is 5.75 Å². The SMILES string of the molecule is CCCc1ccc(OCc2ccc(F)cc2)c([N+](=O)[O-])c1. The highest BCUT2D eigenvalue weighted by Gasteiger charge is 2.16. The van der Waals surface area contributed by atoms with E-state index in [0.29, 0.717) is 0 Å². The minimum Gasteiger partial charge on any atom is -0.482 e. The summed E-state index contributed by atoms with van der Waals surface area (Å²) in [5.41, 5.74) is 1.63. The monoisotopic (exact) mass is 289 g/mol. The fraction of sp³-hybridized carbons (Fsp3) is 0.250. The smallest absolute Gasteiger partial charge is 0.311 e. The van der Waals surface area contributed by atoms with Crippen molar-refractivity contribution >= 4 is 5.69 Å². The van der Waals surface area contributed by atoms with Gasteiger partial charge in [0.1, 0.15) is 12.4 Å². The molecule has 0 saturated carbocycles. The third kappa shape index (κ3) is 4.02. The number of ether oxygens (including phenoxy) is 1. The highest BCUT2D eigenvalue weighted by atomic mass is 19.1. The van der Waals surface area contributed by atoms with E-state index in [1.807, 2.05) is 13.0 Å². The van der Waals surface area contributed by atoms with Crippen molar-refractivity contribution in [3.63, 3.8) is 0 Å². The van der Waals surface area contributed by atoms with E-state index >= 15 is 0 Å². The third-order valence-corrected chi connectivity index (χ3v) is 3.07. The first-order chi connectivity index (χ1) is 10.1. The molecule has 0 radical (unpaired) electrons. The molecule has 0 aliphatic carbocycles. The Labute approximate surface area is 122 Å². The molecule has 0 bridgehead atoms. The van der Waals surface area contributed by atoms with Crippen LogP contribution in [0.1, 0.15) is 24.5 Å². The Bertz CT molecular complexity index is 626. The summed E-state index contributed by atoms with van der Waals surface area (Å²) in [6.45, 7) is 2.18. The van der Waals surface area contributed by atoms with Gasteiger partial charge in [-0.25, -0.2) is 4.39 Å². The van der Waals surface area contributed by atoms with Crippen LogP contribution in [0.2, 0.25) is 0 Å². The minimum atomic E-state index is -0.445. The molecular formula is C16H16FNO3. The lowest BCUT2D eigenvalue weighted by molar-refractivity contribution is -0.386. The molecule has 0 N–H and O–H groups in total. The number of aryl methyl sites for hydroxylation is 1. The van der Waals surface area contributed by atoms with Gasteiger partial charge in [-0.1, -0.05) is 31.5 Å². The second-order valence-corrected chi connectivity index (χ2v) is 4.72. The molecule has 0 unspecified atom stereocenters. The quantitative estimate of drug-likeness (QED) is 0.589. The number of nitro benzene ring substituents is 1. The van der Waals surface area contributed by atoms with Gasteiger partial charge in [0, 0.05) is 6.07 Å². The van der Waals surface area contributed by atoms with Crippen LogP contribution in [0.15, 0.2) is 42.5 Å². The van der Waals surface area contributed by atoms with Crippen LogP contribution in [0.4, 0.5) is 10.1 Å². The second-order valence-electron chi connectivity index (χ2n) is 4.72. The molecule has 5 heteroatoms. The fourth-order valence-electron chi connectivity index (χ4n) is 2.01. The van der Waals surface area contributed by atoms with Crippen LogP contribution in [-0.4, -0.2) is 4.92 Å². The maximum absolute atomic E-state index is 12.8. The summed E-state index contributed by atoms with van der Waals surface area (Å²) in [7, 11) is 0. The average Bonchev–Trinajstić information content (AvgIpc) is 2.47. The zero-order valence-electron chi connectivity index (χ0n) is 11.7. The molecule has 0 fully saturated rings. The fourth-order valence-corrected chi connectivity index (χ4v) is 2.01. The van der Waals surface area contributed by atoms with Crippen LogP contribution in [0.3, 0.4) is 0 Å². The van der Waals surface area contributed by atoms with Crippen molar-refractivity contribution in [2.24, 2.45) is 0 Å². The Morgan fingerprint density at radius 2 is 1.81 bits per heavy atom. The van der Waals surface area contributed by atoms with Gasteiger partial charge in [0.05, 0.1) is 4.92 Å². The molecule has 0 saturated heterocycles. The normalized spacial score (nSPS) is 10.4. The van der Waals surface area contributed by atoms with E-state index in [2.05, 4.69) is 0 Å². The number of rotatable bonds is 6. The van der Waals surface area contributed by atoms with Gasteiger partial charge in [-0.2, -0.15) is 0 Å². The van der Waals surface area contributed by atoms with Crippen molar-refractivity contribution in [2.75, 3.05) is 0 Å². The third-order valence-electron chi connectivity index (χ3n) is 3.07. The minimum absolute atomic E-state index is 0.0388. The van der Waals surface area contributed by atoms with Crippen LogP contribution >= 0.6 is 0 Å². The van der Waals surface area contributed by atoms with Gasteiger partial charge < -0.3 is 4.74 Å². The zero-order valence-corrected chi connectivity index (χ0v) is 11.7. The van der Waals surface area contributed by atoms with E-state index in [1.165, 1.54) is 12.1 Å². The van der Waals surface area contributed by atoms with Crippen molar-refractivity contribution in [3.05, 3.63) is 69.5 Å². The number of nitrogens with zero attached hydrogens (tertiary/aromatic N) is 1. The summed E-state index contributed by atoms with van der Waals surface area (Å²) < 4.78 is 18.3. The van der Waals surface area contributed by atoms with Crippen molar-refractivity contribution in [1.82, 2.24) is 0 Å². The lowest BCUT2D eigenvalue weighted by Gasteiger charge is -2.08. The number of nitro groups is 1. The summed E-state index contributed by atoms with van der Waals surface area (Å²) in [5.74, 6) is -0.0992. The molecule has 21 heavy (non-hydrogen) atoms. The largest absolute Gasteiger partial charge is 0.482 e. The lowest BCUT2D eigenvalue weighted by Crippen LogP contribution is -2.00. The summed E-state index contributed by atoms with van der Waals surface area (Å²) >= 11 is 0. The van der Waals surface area contributed by atoms with Crippen LogP contribution in [0.25, 0.3) is 0 Å². The zero-order chi connectivity index (χ0) is 15.2. The molecule has 0 aliphatic rings. The van der Waals surface area contributed by atoms with Crippen LogP contribution in [0, 0.1) is 15.9 Å². The van der Waals surface area contributed by atoms with E-state index < -0.39 is 4.92 Å². The lowest BCUT2D eigenvalue weighted by atomic mass is 10.1. The van der Waals surface area contributed by atoms with Crippen LogP contribution < -0.4 is 4.74 Å². The molecule has 110 valence electrons. The number of hydrogen-bond acceptors (Lipinski definition) is 3. The van der Waals surface area contributed by atoms with Gasteiger partial charge in [-0.3, -0.25) is 10.1 Å². The Balaban J connectivity index is 2.15. The summed E-state index contributed by atoms with van der Waals surface area (Å²) in [4.78, 5) is 10.7. The molecule has 0 aliphatic heterocycles. The van der Waals surface area contributed by atoms with Crippen molar-refractivity contribution < 1.29 is 14.1 Å². The van der Waals surface area contributed by atoms with E-state index in [0.717, 1.165) is 24.0 Å². The molecule has 2 aromatic rings. The Hall–Kier alpha value is -2.43. The first-order valence-electron chi connectivity index (χ1n) is 6.74. The molecule has 2 aromatic carbocycles. The first kappa shape index (κ1) is 15.0. The average molecular weight is 289 g/mol. The molecule has 0 spiro atoms. The predicted molar refractivity (Wildman–Crippen MR) is 77.8 cm³/mol. The molecule has 2 rings (SSSR count). The summed E-state index contributed by atoms with van der Waals surface area (Å²) in [6, 6.07) is 10.8. The van der Waals surface area contributed by atoms with E-state index in [4.69, 9.17) is 4.74 Å². The van der Waals surface area contributed by atoms with E-state index in [9.17, 15) is 14.5 Å². The molecule has 0 atom stereocenters. The van der Waals surface area contributed by atoms with Crippen molar-refractivity contribution in [3.8, 4) is 5.75 Å². The predicted octanol–water partition coefficient (Wildman–Crippen LogP) is 4.27. The maximum Gasteiger partial charge on any atom is 0.311 e. The molecule has 0 heterocycles. The summed E-state index contributed by atoms with van der Waals surface area (Å²) in [6.07, 6.45) is 1.71. The van der Waals surface area contributed by atoms with Crippen molar-refractivity contribution in [2.45, 2.75) is 26.4 Å². The maximum atomic E-state index is 12.8. The Kier molecular flexibility index (Phi) is 4.87. The Morgan fingerprint density at radius 3 is 2.43 bits per heavy atom.